The summed E-state index contributed by atoms with van der Waals surface area (Å²) in [4.78, 5) is 0. The number of anilines is 1. The first kappa shape index (κ1) is 16.6. The van der Waals surface area contributed by atoms with Crippen LogP contribution in [0, 0.1) is 5.92 Å². The SMILES string of the molecule is CS(=O)(=O)N1CCCC(CNc2ccc(CCCl)cc2)C1. The predicted molar refractivity (Wildman–Crippen MR) is 88.5 cm³/mol. The number of benzene rings is 1. The van der Waals surface area contributed by atoms with Crippen LogP contribution in [0.3, 0.4) is 0 Å². The first-order chi connectivity index (χ1) is 9.99. The van der Waals surface area contributed by atoms with Crippen molar-refractivity contribution in [2.24, 2.45) is 5.92 Å². The van der Waals surface area contributed by atoms with Crippen molar-refractivity contribution in [3.8, 4) is 0 Å². The van der Waals surface area contributed by atoms with E-state index in [1.165, 1.54) is 11.8 Å². The number of hydrogen-bond donors (Lipinski definition) is 1. The number of sulfonamides is 1. The summed E-state index contributed by atoms with van der Waals surface area (Å²) in [6, 6.07) is 8.26. The Morgan fingerprint density at radius 2 is 2.05 bits per heavy atom. The van der Waals surface area contributed by atoms with Gasteiger partial charge in [0.15, 0.2) is 0 Å². The molecule has 1 aliphatic heterocycles. The van der Waals surface area contributed by atoms with Gasteiger partial charge in [0.2, 0.25) is 10.0 Å². The summed E-state index contributed by atoms with van der Waals surface area (Å²) in [5.41, 5.74) is 2.31. The maximum absolute atomic E-state index is 11.6. The molecule has 6 heteroatoms. The van der Waals surface area contributed by atoms with E-state index in [9.17, 15) is 8.42 Å². The fraction of sp³-hybridized carbons (Fsp3) is 0.600. The van der Waals surface area contributed by atoms with Crippen molar-refractivity contribution >= 4 is 27.3 Å². The van der Waals surface area contributed by atoms with Gasteiger partial charge in [-0.15, -0.1) is 11.6 Å². The number of alkyl halides is 1. The van der Waals surface area contributed by atoms with Gasteiger partial charge >= 0.3 is 0 Å². The molecule has 0 saturated carbocycles. The van der Waals surface area contributed by atoms with E-state index >= 15 is 0 Å². The van der Waals surface area contributed by atoms with Crippen molar-refractivity contribution in [3.05, 3.63) is 29.8 Å². The minimum absolute atomic E-state index is 0.371. The minimum Gasteiger partial charge on any atom is -0.385 e. The lowest BCUT2D eigenvalue weighted by Gasteiger charge is -2.31. The van der Waals surface area contributed by atoms with Crippen LogP contribution in [0.4, 0.5) is 5.69 Å². The van der Waals surface area contributed by atoms with E-state index in [1.807, 2.05) is 0 Å². The number of hydrogen-bond acceptors (Lipinski definition) is 3. The molecule has 1 atom stereocenters. The van der Waals surface area contributed by atoms with Gasteiger partial charge in [-0.25, -0.2) is 12.7 Å². The van der Waals surface area contributed by atoms with Crippen LogP contribution in [0.1, 0.15) is 18.4 Å². The average molecular weight is 331 g/mol. The van der Waals surface area contributed by atoms with Crippen LogP contribution in [0.25, 0.3) is 0 Å². The quantitative estimate of drug-likeness (QED) is 0.815. The molecule has 0 amide bonds. The highest BCUT2D eigenvalue weighted by Crippen LogP contribution is 2.19. The Bertz CT molecular complexity index is 545. The van der Waals surface area contributed by atoms with Gasteiger partial charge in [0, 0.05) is 31.2 Å². The average Bonchev–Trinajstić information content (AvgIpc) is 2.46. The Labute approximate surface area is 132 Å². The number of aryl methyl sites for hydroxylation is 1. The van der Waals surface area contributed by atoms with E-state index in [0.717, 1.165) is 31.5 Å². The van der Waals surface area contributed by atoms with Crippen LogP contribution >= 0.6 is 11.6 Å². The Morgan fingerprint density at radius 3 is 2.67 bits per heavy atom. The zero-order chi connectivity index (χ0) is 15.3. The molecule has 1 aromatic carbocycles. The topological polar surface area (TPSA) is 49.4 Å². The highest BCUT2D eigenvalue weighted by Gasteiger charge is 2.25. The fourth-order valence-corrected chi connectivity index (χ4v) is 3.82. The zero-order valence-corrected chi connectivity index (χ0v) is 14.0. The molecule has 1 unspecified atom stereocenters. The van der Waals surface area contributed by atoms with Gasteiger partial charge in [-0.3, -0.25) is 0 Å². The lowest BCUT2D eigenvalue weighted by molar-refractivity contribution is 0.277. The Hall–Kier alpha value is -0.780. The number of piperidine rings is 1. The van der Waals surface area contributed by atoms with Gasteiger partial charge < -0.3 is 5.32 Å². The molecule has 0 aromatic heterocycles. The third kappa shape index (κ3) is 5.16. The maximum Gasteiger partial charge on any atom is 0.211 e. The van der Waals surface area contributed by atoms with E-state index in [0.29, 0.717) is 24.9 Å². The monoisotopic (exact) mass is 330 g/mol. The van der Waals surface area contributed by atoms with Gasteiger partial charge in [0.25, 0.3) is 0 Å². The molecule has 1 aromatic rings. The van der Waals surface area contributed by atoms with Gasteiger partial charge in [-0.1, -0.05) is 12.1 Å². The zero-order valence-electron chi connectivity index (χ0n) is 12.4. The normalized spacial score (nSPS) is 20.4. The Kier molecular flexibility index (Phi) is 5.90. The van der Waals surface area contributed by atoms with Crippen LogP contribution in [0.2, 0.25) is 0 Å². The summed E-state index contributed by atoms with van der Waals surface area (Å²) >= 11 is 5.72. The van der Waals surface area contributed by atoms with Gasteiger partial charge in [-0.2, -0.15) is 0 Å². The van der Waals surface area contributed by atoms with Gasteiger partial charge in [0.05, 0.1) is 6.26 Å². The maximum atomic E-state index is 11.6. The second kappa shape index (κ2) is 7.47. The van der Waals surface area contributed by atoms with E-state index in [4.69, 9.17) is 11.6 Å². The number of nitrogens with zero attached hydrogens (tertiary/aromatic N) is 1. The molecular weight excluding hydrogens is 308 g/mol. The van der Waals surface area contributed by atoms with Crippen molar-refractivity contribution in [2.45, 2.75) is 19.3 Å². The van der Waals surface area contributed by atoms with Crippen molar-refractivity contribution in [1.29, 1.82) is 0 Å². The molecule has 118 valence electrons. The standard InChI is InChI=1S/C15H23ClN2O2S/c1-21(19,20)18-10-2-3-14(12-18)11-17-15-6-4-13(5-7-15)8-9-16/h4-7,14,17H,2-3,8-12H2,1H3. The third-order valence-corrected chi connectivity index (χ3v) is 5.34. The number of halogens is 1. The number of nitrogens with one attached hydrogen (secondary N) is 1. The van der Waals surface area contributed by atoms with Gasteiger partial charge in [0.1, 0.15) is 0 Å². The predicted octanol–water partition coefficient (Wildman–Crippen LogP) is 2.55. The summed E-state index contributed by atoms with van der Waals surface area (Å²) in [5.74, 6) is 1.01. The van der Waals surface area contributed by atoms with Crippen molar-refractivity contribution in [3.63, 3.8) is 0 Å². The van der Waals surface area contributed by atoms with Crippen LogP contribution < -0.4 is 5.32 Å². The molecule has 21 heavy (non-hydrogen) atoms. The summed E-state index contributed by atoms with van der Waals surface area (Å²) < 4.78 is 24.8. The minimum atomic E-state index is -3.06. The van der Waals surface area contributed by atoms with Crippen molar-refractivity contribution < 1.29 is 8.42 Å². The smallest absolute Gasteiger partial charge is 0.211 e. The molecule has 1 aliphatic rings. The molecule has 1 N–H and O–H groups in total. The summed E-state index contributed by atoms with van der Waals surface area (Å²) in [5, 5.41) is 3.40. The third-order valence-electron chi connectivity index (χ3n) is 3.88. The molecule has 4 nitrogen and oxygen atoms in total. The van der Waals surface area contributed by atoms with Crippen molar-refractivity contribution in [2.75, 3.05) is 37.1 Å². The number of rotatable bonds is 6. The lowest BCUT2D eigenvalue weighted by atomic mass is 9.99. The Morgan fingerprint density at radius 1 is 1.33 bits per heavy atom. The molecule has 0 radical (unpaired) electrons. The highest BCUT2D eigenvalue weighted by molar-refractivity contribution is 7.88. The molecule has 2 rings (SSSR count). The Balaban J connectivity index is 1.85. The van der Waals surface area contributed by atoms with E-state index in [-0.39, 0.29) is 0 Å². The summed E-state index contributed by atoms with van der Waals surface area (Å²) in [6.45, 7) is 2.08. The molecule has 0 aliphatic carbocycles. The molecule has 0 bridgehead atoms. The molecule has 1 heterocycles. The van der Waals surface area contributed by atoms with Crippen LogP contribution in [0.15, 0.2) is 24.3 Å². The van der Waals surface area contributed by atoms with E-state index < -0.39 is 10.0 Å². The highest BCUT2D eigenvalue weighted by atomic mass is 35.5. The van der Waals surface area contributed by atoms with Crippen LogP contribution in [-0.2, 0) is 16.4 Å². The lowest BCUT2D eigenvalue weighted by Crippen LogP contribution is -2.41. The summed E-state index contributed by atoms with van der Waals surface area (Å²) in [6.07, 6.45) is 4.18. The first-order valence-corrected chi connectivity index (χ1v) is 9.71. The molecule has 1 fully saturated rings. The molecule has 1 saturated heterocycles. The fourth-order valence-electron chi connectivity index (χ4n) is 2.66. The van der Waals surface area contributed by atoms with Crippen LogP contribution in [-0.4, -0.2) is 44.5 Å². The molecular formula is C15H23ClN2O2S. The van der Waals surface area contributed by atoms with E-state index in [2.05, 4.69) is 29.6 Å². The largest absolute Gasteiger partial charge is 0.385 e. The summed E-state index contributed by atoms with van der Waals surface area (Å²) in [7, 11) is -3.06. The van der Waals surface area contributed by atoms with Gasteiger partial charge in [-0.05, 0) is 42.9 Å². The van der Waals surface area contributed by atoms with Crippen molar-refractivity contribution in [1.82, 2.24) is 4.31 Å². The second-order valence-corrected chi connectivity index (χ2v) is 8.01. The van der Waals surface area contributed by atoms with Crippen LogP contribution in [0.5, 0.6) is 0 Å². The first-order valence-electron chi connectivity index (χ1n) is 7.33. The second-order valence-electron chi connectivity index (χ2n) is 5.65. The van der Waals surface area contributed by atoms with E-state index in [1.54, 1.807) is 4.31 Å². The molecule has 0 spiro atoms.